The summed E-state index contributed by atoms with van der Waals surface area (Å²) in [5.41, 5.74) is 1.34. The second-order valence-corrected chi connectivity index (χ2v) is 5.55. The Morgan fingerprint density at radius 3 is 2.04 bits per heavy atom. The van der Waals surface area contributed by atoms with Crippen LogP contribution in [0.1, 0.15) is 36.6 Å². The lowest BCUT2D eigenvalue weighted by Crippen LogP contribution is -2.10. The first-order chi connectivity index (χ1) is 13.5. The van der Waals surface area contributed by atoms with Crippen LogP contribution in [0.2, 0.25) is 0 Å². The van der Waals surface area contributed by atoms with Crippen molar-refractivity contribution in [3.05, 3.63) is 65.2 Å². The Kier molecular flexibility index (Phi) is 7.33. The fourth-order valence-electron chi connectivity index (χ4n) is 2.42. The van der Waals surface area contributed by atoms with Crippen molar-refractivity contribution in [2.24, 2.45) is 0 Å². The molecule has 0 heterocycles. The summed E-state index contributed by atoms with van der Waals surface area (Å²) in [6.45, 7) is 4.17. The summed E-state index contributed by atoms with van der Waals surface area (Å²) in [6, 6.07) is 9.42. The summed E-state index contributed by atoms with van der Waals surface area (Å²) in [4.78, 5) is 33.8. The smallest absolute Gasteiger partial charge is 0.338 e. The molecule has 2 aromatic rings. The van der Waals surface area contributed by atoms with Gasteiger partial charge in [0.25, 0.3) is 0 Å². The van der Waals surface area contributed by atoms with Gasteiger partial charge in [0, 0.05) is 16.7 Å². The molecule has 28 heavy (non-hydrogen) atoms. The molecule has 0 amide bonds. The van der Waals surface area contributed by atoms with Crippen LogP contribution in [0, 0.1) is 0 Å². The van der Waals surface area contributed by atoms with Crippen molar-refractivity contribution in [3.8, 4) is 11.5 Å². The molecule has 0 saturated carbocycles. The minimum absolute atomic E-state index is 0.169. The maximum atomic E-state index is 11.6. The second kappa shape index (κ2) is 9.91. The van der Waals surface area contributed by atoms with E-state index in [1.54, 1.807) is 24.3 Å². The van der Waals surface area contributed by atoms with Crippen LogP contribution < -0.4 is 9.47 Å². The Balaban J connectivity index is 1.97. The summed E-state index contributed by atoms with van der Waals surface area (Å²) in [7, 11) is 2.71. The molecule has 0 aliphatic heterocycles. The van der Waals surface area contributed by atoms with Gasteiger partial charge in [0.15, 0.2) is 12.6 Å². The van der Waals surface area contributed by atoms with Gasteiger partial charge in [-0.1, -0.05) is 6.58 Å². The molecule has 0 atom stereocenters. The molecule has 146 valence electrons. The molecule has 2 aromatic carbocycles. The number of methoxy groups -OCH3 is 2. The van der Waals surface area contributed by atoms with Crippen molar-refractivity contribution < 1.29 is 33.3 Å². The molecule has 0 spiro atoms. The molecule has 0 bridgehead atoms. The van der Waals surface area contributed by atoms with E-state index in [9.17, 15) is 14.4 Å². The largest absolute Gasteiger partial charge is 0.497 e. The van der Waals surface area contributed by atoms with Crippen LogP contribution >= 0.6 is 0 Å². The summed E-state index contributed by atoms with van der Waals surface area (Å²) >= 11 is 0. The van der Waals surface area contributed by atoms with Crippen LogP contribution in [-0.2, 0) is 9.47 Å². The number of ether oxygens (including phenoxy) is 4. The van der Waals surface area contributed by atoms with Crippen LogP contribution in [0.3, 0.4) is 0 Å². The molecule has 0 saturated heterocycles. The first-order valence-electron chi connectivity index (χ1n) is 8.29. The standard InChI is InChI=1S/C21H20O7/c1-14(25-2)20-11-18(5-4-15(20)12-22)28-9-8-27-17-6-7-19(21(24)26-3)16(10-17)13-23/h4-7,10-13H,1,8-9H2,2-3H3. The molecule has 2 rings (SSSR count). The Bertz CT molecular complexity index is 886. The van der Waals surface area contributed by atoms with E-state index >= 15 is 0 Å². The minimum atomic E-state index is -0.593. The highest BCUT2D eigenvalue weighted by Gasteiger charge is 2.12. The average molecular weight is 384 g/mol. The first kappa shape index (κ1) is 20.7. The number of esters is 1. The number of rotatable bonds is 10. The van der Waals surface area contributed by atoms with Gasteiger partial charge in [0.2, 0.25) is 0 Å². The number of benzene rings is 2. The zero-order valence-electron chi connectivity index (χ0n) is 15.6. The molecular formula is C21H20O7. The molecule has 0 aromatic heterocycles. The predicted octanol–water partition coefficient (Wildman–Crippen LogP) is 3.17. The fraction of sp³-hybridized carbons (Fsp3) is 0.190. The zero-order valence-corrected chi connectivity index (χ0v) is 15.6. The lowest BCUT2D eigenvalue weighted by Gasteiger charge is -2.12. The normalized spacial score (nSPS) is 9.93. The Morgan fingerprint density at radius 1 is 0.857 bits per heavy atom. The third kappa shape index (κ3) is 4.97. The summed E-state index contributed by atoms with van der Waals surface area (Å²) in [5, 5.41) is 0. The zero-order chi connectivity index (χ0) is 20.5. The fourth-order valence-corrected chi connectivity index (χ4v) is 2.42. The van der Waals surface area contributed by atoms with Crippen LogP contribution in [0.5, 0.6) is 11.5 Å². The monoisotopic (exact) mass is 384 g/mol. The van der Waals surface area contributed by atoms with E-state index in [1.165, 1.54) is 26.4 Å². The number of aldehydes is 2. The number of hydrogen-bond acceptors (Lipinski definition) is 7. The van der Waals surface area contributed by atoms with Gasteiger partial charge in [-0.05, 0) is 36.4 Å². The number of hydrogen-bond donors (Lipinski definition) is 0. The molecule has 0 aliphatic rings. The van der Waals surface area contributed by atoms with Gasteiger partial charge in [-0.15, -0.1) is 0 Å². The third-order valence-electron chi connectivity index (χ3n) is 3.87. The van der Waals surface area contributed by atoms with E-state index in [0.29, 0.717) is 34.7 Å². The topological polar surface area (TPSA) is 88.1 Å². The molecule has 0 unspecified atom stereocenters. The minimum Gasteiger partial charge on any atom is -0.497 e. The van der Waals surface area contributed by atoms with Crippen LogP contribution in [0.15, 0.2) is 43.0 Å². The van der Waals surface area contributed by atoms with Crippen molar-refractivity contribution in [2.45, 2.75) is 0 Å². The maximum absolute atomic E-state index is 11.6. The van der Waals surface area contributed by atoms with Gasteiger partial charge in [-0.2, -0.15) is 0 Å². The number of carbonyl (C=O) groups is 3. The van der Waals surface area contributed by atoms with E-state index in [1.807, 2.05) is 0 Å². The van der Waals surface area contributed by atoms with Crippen LogP contribution in [-0.4, -0.2) is 46.0 Å². The highest BCUT2D eigenvalue weighted by atomic mass is 16.5. The van der Waals surface area contributed by atoms with Gasteiger partial charge in [-0.25, -0.2) is 4.79 Å². The summed E-state index contributed by atoms with van der Waals surface area (Å²) < 4.78 is 20.9. The first-order valence-corrected chi connectivity index (χ1v) is 8.29. The average Bonchev–Trinajstić information content (AvgIpc) is 2.75. The van der Waals surface area contributed by atoms with Crippen molar-refractivity contribution in [1.82, 2.24) is 0 Å². The van der Waals surface area contributed by atoms with E-state index in [0.717, 1.165) is 6.29 Å². The van der Waals surface area contributed by atoms with Crippen LogP contribution in [0.4, 0.5) is 0 Å². The lowest BCUT2D eigenvalue weighted by atomic mass is 10.1. The van der Waals surface area contributed by atoms with E-state index in [4.69, 9.17) is 14.2 Å². The van der Waals surface area contributed by atoms with Gasteiger partial charge in [0.1, 0.15) is 30.5 Å². The highest BCUT2D eigenvalue weighted by Crippen LogP contribution is 2.23. The van der Waals surface area contributed by atoms with E-state index in [2.05, 4.69) is 11.3 Å². The Morgan fingerprint density at radius 2 is 1.46 bits per heavy atom. The molecule has 7 heteroatoms. The maximum Gasteiger partial charge on any atom is 0.338 e. The van der Waals surface area contributed by atoms with Gasteiger partial charge in [-0.3, -0.25) is 9.59 Å². The number of carbonyl (C=O) groups excluding carboxylic acids is 3. The van der Waals surface area contributed by atoms with Gasteiger partial charge in [0.05, 0.1) is 19.8 Å². The molecule has 7 nitrogen and oxygen atoms in total. The van der Waals surface area contributed by atoms with E-state index in [-0.39, 0.29) is 24.3 Å². The van der Waals surface area contributed by atoms with Gasteiger partial charge < -0.3 is 18.9 Å². The van der Waals surface area contributed by atoms with Crippen LogP contribution in [0.25, 0.3) is 5.76 Å². The Hall–Kier alpha value is -3.61. The second-order valence-electron chi connectivity index (χ2n) is 5.55. The van der Waals surface area contributed by atoms with Crippen molar-refractivity contribution >= 4 is 24.3 Å². The van der Waals surface area contributed by atoms with Crippen molar-refractivity contribution in [2.75, 3.05) is 27.4 Å². The quantitative estimate of drug-likeness (QED) is 0.269. The van der Waals surface area contributed by atoms with Crippen molar-refractivity contribution in [3.63, 3.8) is 0 Å². The lowest BCUT2D eigenvalue weighted by molar-refractivity contribution is 0.0598. The summed E-state index contributed by atoms with van der Waals surface area (Å²) in [6.07, 6.45) is 1.28. The molecule has 0 radical (unpaired) electrons. The van der Waals surface area contributed by atoms with Gasteiger partial charge >= 0.3 is 5.97 Å². The summed E-state index contributed by atoms with van der Waals surface area (Å²) in [5.74, 6) is 0.709. The highest BCUT2D eigenvalue weighted by molar-refractivity contribution is 5.98. The van der Waals surface area contributed by atoms with E-state index < -0.39 is 5.97 Å². The molecule has 0 fully saturated rings. The predicted molar refractivity (Wildman–Crippen MR) is 102 cm³/mol. The molecule has 0 aliphatic carbocycles. The van der Waals surface area contributed by atoms with Crippen molar-refractivity contribution in [1.29, 1.82) is 0 Å². The third-order valence-corrected chi connectivity index (χ3v) is 3.87. The SMILES string of the molecule is C=C(OC)c1cc(OCCOc2ccc(C(=O)OC)c(C=O)c2)ccc1C=O. The molecular weight excluding hydrogens is 364 g/mol. The Labute approximate surface area is 162 Å². The molecule has 0 N–H and O–H groups in total.